The van der Waals surface area contributed by atoms with Gasteiger partial charge in [0.15, 0.2) is 23.0 Å². The number of methoxy groups -OCH3 is 2. The van der Waals surface area contributed by atoms with Crippen LogP contribution in [0.3, 0.4) is 0 Å². The van der Waals surface area contributed by atoms with Gasteiger partial charge in [-0.25, -0.2) is 0 Å². The van der Waals surface area contributed by atoms with Crippen LogP contribution in [-0.4, -0.2) is 36.9 Å². The first-order valence-corrected chi connectivity index (χ1v) is 8.19. The lowest BCUT2D eigenvalue weighted by Crippen LogP contribution is -2.23. The molecule has 0 saturated carbocycles. The molecule has 0 aromatic heterocycles. The largest absolute Gasteiger partial charge is 0.504 e. The normalized spacial score (nSPS) is 10.7. The van der Waals surface area contributed by atoms with Crippen molar-refractivity contribution >= 4 is 5.91 Å². The highest BCUT2D eigenvalue weighted by Gasteiger charge is 2.04. The van der Waals surface area contributed by atoms with E-state index in [1.54, 1.807) is 36.4 Å². The molecule has 3 N–H and O–H groups in total. The van der Waals surface area contributed by atoms with Gasteiger partial charge in [-0.3, -0.25) is 4.79 Å². The van der Waals surface area contributed by atoms with Gasteiger partial charge in [0.2, 0.25) is 5.91 Å². The van der Waals surface area contributed by atoms with E-state index < -0.39 is 0 Å². The highest BCUT2D eigenvalue weighted by atomic mass is 16.5. The minimum Gasteiger partial charge on any atom is -0.504 e. The summed E-state index contributed by atoms with van der Waals surface area (Å²) >= 11 is 0. The Labute approximate surface area is 152 Å². The number of rotatable bonds is 8. The molecule has 0 heterocycles. The Hall–Kier alpha value is -3.15. The fraction of sp³-hybridized carbons (Fsp3) is 0.250. The Morgan fingerprint density at radius 2 is 1.73 bits per heavy atom. The highest BCUT2D eigenvalue weighted by Crippen LogP contribution is 2.27. The van der Waals surface area contributed by atoms with Crippen molar-refractivity contribution in [1.29, 1.82) is 0 Å². The van der Waals surface area contributed by atoms with E-state index in [9.17, 15) is 15.0 Å². The lowest BCUT2D eigenvalue weighted by atomic mass is 10.1. The van der Waals surface area contributed by atoms with Crippen molar-refractivity contribution in [2.24, 2.45) is 0 Å². The van der Waals surface area contributed by atoms with Crippen LogP contribution < -0.4 is 14.8 Å². The van der Waals surface area contributed by atoms with E-state index in [0.29, 0.717) is 30.9 Å². The maximum Gasteiger partial charge on any atom is 0.243 e. The molecule has 0 fully saturated rings. The zero-order chi connectivity index (χ0) is 18.9. The van der Waals surface area contributed by atoms with Crippen molar-refractivity contribution in [2.45, 2.75) is 12.8 Å². The number of amides is 1. The Morgan fingerprint density at radius 1 is 1.00 bits per heavy atom. The number of hydrogen-bond donors (Lipinski definition) is 3. The second-order valence-electron chi connectivity index (χ2n) is 5.66. The van der Waals surface area contributed by atoms with Gasteiger partial charge in [0, 0.05) is 6.54 Å². The number of carbonyl (C=O) groups excluding carboxylic acids is 1. The van der Waals surface area contributed by atoms with Crippen LogP contribution in [0, 0.1) is 0 Å². The number of allylic oxidation sites excluding steroid dienone is 1. The van der Waals surface area contributed by atoms with Crippen LogP contribution in [0.25, 0.3) is 0 Å². The van der Waals surface area contributed by atoms with E-state index in [1.807, 2.05) is 6.07 Å². The minimum absolute atomic E-state index is 0.0838. The minimum atomic E-state index is -0.187. The molecule has 0 saturated heterocycles. The summed E-state index contributed by atoms with van der Waals surface area (Å²) in [7, 11) is 2.99. The van der Waals surface area contributed by atoms with Crippen molar-refractivity contribution in [3.05, 3.63) is 59.7 Å². The second kappa shape index (κ2) is 9.36. The highest BCUT2D eigenvalue weighted by molar-refractivity contribution is 5.87. The Kier molecular flexibility index (Phi) is 6.91. The first-order valence-electron chi connectivity index (χ1n) is 8.19. The van der Waals surface area contributed by atoms with Crippen molar-refractivity contribution in [2.75, 3.05) is 20.8 Å². The molecule has 0 bridgehead atoms. The maximum atomic E-state index is 11.8. The lowest BCUT2D eigenvalue weighted by Gasteiger charge is -2.07. The predicted molar refractivity (Wildman–Crippen MR) is 98.9 cm³/mol. The molecule has 6 nitrogen and oxygen atoms in total. The third-order valence-corrected chi connectivity index (χ3v) is 3.82. The molecule has 0 radical (unpaired) electrons. The Morgan fingerprint density at radius 3 is 2.42 bits per heavy atom. The molecule has 1 amide bonds. The standard InChI is InChI=1S/C20H23NO5/c1-25-18-9-7-15(12-17(18)23)10-11-21-20(24)5-3-4-14-6-8-16(22)19(13-14)26-2/h3,5-9,12-13,22-23H,4,10-11H2,1-2H3,(H,21,24). The summed E-state index contributed by atoms with van der Waals surface area (Å²) in [5.41, 5.74) is 1.83. The molecular formula is C20H23NO5. The number of aromatic hydroxyl groups is 2. The van der Waals surface area contributed by atoms with Crippen LogP contribution in [0.2, 0.25) is 0 Å². The van der Waals surface area contributed by atoms with Gasteiger partial charge < -0.3 is 25.0 Å². The smallest absolute Gasteiger partial charge is 0.243 e. The summed E-state index contributed by atoms with van der Waals surface area (Å²) in [4.78, 5) is 11.8. The zero-order valence-electron chi connectivity index (χ0n) is 14.9. The van der Waals surface area contributed by atoms with Crippen LogP contribution >= 0.6 is 0 Å². The van der Waals surface area contributed by atoms with Crippen molar-refractivity contribution < 1.29 is 24.5 Å². The van der Waals surface area contributed by atoms with Crippen LogP contribution in [0.15, 0.2) is 48.6 Å². The molecule has 2 aromatic rings. The van der Waals surface area contributed by atoms with Crippen molar-refractivity contribution in [1.82, 2.24) is 5.32 Å². The Balaban J connectivity index is 1.78. The van der Waals surface area contributed by atoms with Gasteiger partial charge in [-0.1, -0.05) is 18.2 Å². The van der Waals surface area contributed by atoms with E-state index in [1.165, 1.54) is 20.3 Å². The molecule has 26 heavy (non-hydrogen) atoms. The van der Waals surface area contributed by atoms with E-state index in [0.717, 1.165) is 11.1 Å². The summed E-state index contributed by atoms with van der Waals surface area (Å²) in [6, 6.07) is 10.2. The van der Waals surface area contributed by atoms with Gasteiger partial charge in [0.25, 0.3) is 0 Å². The van der Waals surface area contributed by atoms with Crippen LogP contribution in [0.5, 0.6) is 23.0 Å². The topological polar surface area (TPSA) is 88.0 Å². The van der Waals surface area contributed by atoms with E-state index >= 15 is 0 Å². The fourth-order valence-corrected chi connectivity index (χ4v) is 2.43. The molecule has 138 valence electrons. The monoisotopic (exact) mass is 357 g/mol. The van der Waals surface area contributed by atoms with Gasteiger partial charge in [0.05, 0.1) is 14.2 Å². The average Bonchev–Trinajstić information content (AvgIpc) is 2.63. The number of benzene rings is 2. The van der Waals surface area contributed by atoms with Crippen LogP contribution in [0.1, 0.15) is 11.1 Å². The van der Waals surface area contributed by atoms with Gasteiger partial charge in [-0.2, -0.15) is 0 Å². The molecule has 2 aromatic carbocycles. The molecule has 0 spiro atoms. The fourth-order valence-electron chi connectivity index (χ4n) is 2.43. The van der Waals surface area contributed by atoms with E-state index in [4.69, 9.17) is 9.47 Å². The Bertz CT molecular complexity index is 786. The molecule has 2 rings (SSSR count). The first kappa shape index (κ1) is 19.2. The van der Waals surface area contributed by atoms with Gasteiger partial charge in [-0.15, -0.1) is 0 Å². The lowest BCUT2D eigenvalue weighted by molar-refractivity contribution is -0.116. The summed E-state index contributed by atoms with van der Waals surface area (Å²) in [6.07, 6.45) is 4.38. The van der Waals surface area contributed by atoms with Crippen molar-refractivity contribution in [3.63, 3.8) is 0 Å². The average molecular weight is 357 g/mol. The number of hydrogen-bond acceptors (Lipinski definition) is 5. The number of ether oxygens (including phenoxy) is 2. The van der Waals surface area contributed by atoms with Crippen molar-refractivity contribution in [3.8, 4) is 23.0 Å². The molecule has 0 atom stereocenters. The number of phenolic OH excluding ortho intramolecular Hbond substituents is 2. The molecule has 0 unspecified atom stereocenters. The van der Waals surface area contributed by atoms with Gasteiger partial charge in [0.1, 0.15) is 0 Å². The molecule has 0 aliphatic rings. The number of phenols is 2. The van der Waals surface area contributed by atoms with Crippen LogP contribution in [0.4, 0.5) is 0 Å². The summed E-state index contributed by atoms with van der Waals surface area (Å²) < 4.78 is 10.0. The number of carbonyl (C=O) groups is 1. The maximum absolute atomic E-state index is 11.8. The molecule has 0 aliphatic carbocycles. The van der Waals surface area contributed by atoms with E-state index in [2.05, 4.69) is 5.32 Å². The quantitative estimate of drug-likeness (QED) is 0.632. The van der Waals surface area contributed by atoms with Gasteiger partial charge in [-0.05, 0) is 54.3 Å². The SMILES string of the molecule is COc1ccc(CCNC(=O)C=CCc2ccc(O)c(OC)c2)cc1O. The second-order valence-corrected chi connectivity index (χ2v) is 5.66. The first-order chi connectivity index (χ1) is 12.5. The van der Waals surface area contributed by atoms with E-state index in [-0.39, 0.29) is 17.4 Å². The van der Waals surface area contributed by atoms with Gasteiger partial charge >= 0.3 is 0 Å². The summed E-state index contributed by atoms with van der Waals surface area (Å²) in [6.45, 7) is 0.460. The molecular weight excluding hydrogens is 334 g/mol. The van der Waals surface area contributed by atoms with Crippen LogP contribution in [-0.2, 0) is 17.6 Å². The number of nitrogens with one attached hydrogen (secondary N) is 1. The summed E-state index contributed by atoms with van der Waals surface area (Å²) in [5.74, 6) is 0.811. The third kappa shape index (κ3) is 5.44. The molecule has 0 aliphatic heterocycles. The molecule has 6 heteroatoms. The third-order valence-electron chi connectivity index (χ3n) is 3.82. The predicted octanol–water partition coefficient (Wildman–Crippen LogP) is 2.57. The summed E-state index contributed by atoms with van der Waals surface area (Å²) in [5, 5.41) is 22.1. The zero-order valence-corrected chi connectivity index (χ0v) is 14.9.